The maximum Gasteiger partial charge on any atom is 0.234 e. The van der Waals surface area contributed by atoms with Gasteiger partial charge in [-0.05, 0) is 47.4 Å². The fourth-order valence-corrected chi connectivity index (χ4v) is 5.43. The highest BCUT2D eigenvalue weighted by atomic mass is 32.2. The van der Waals surface area contributed by atoms with Crippen LogP contribution >= 0.6 is 23.1 Å². The molecule has 0 aliphatic carbocycles. The fourth-order valence-electron chi connectivity index (χ4n) is 3.94. The zero-order chi connectivity index (χ0) is 23.8. The molecule has 34 heavy (non-hydrogen) atoms. The molecule has 2 aromatic carbocycles. The molecule has 4 aromatic rings. The van der Waals surface area contributed by atoms with Gasteiger partial charge in [-0.1, -0.05) is 80.2 Å². The molecule has 0 aliphatic rings. The van der Waals surface area contributed by atoms with Crippen LogP contribution in [0.4, 0.5) is 5.69 Å². The molecule has 176 valence electrons. The van der Waals surface area contributed by atoms with Crippen molar-refractivity contribution < 1.29 is 4.79 Å². The van der Waals surface area contributed by atoms with E-state index in [1.54, 1.807) is 11.3 Å². The molecule has 4 rings (SSSR count). The molecule has 0 aliphatic heterocycles. The molecule has 2 aromatic heterocycles. The normalized spacial score (nSPS) is 11.0. The molecule has 0 fully saturated rings. The van der Waals surface area contributed by atoms with Crippen molar-refractivity contribution in [2.24, 2.45) is 0 Å². The highest BCUT2D eigenvalue weighted by molar-refractivity contribution is 7.99. The third-order valence-electron chi connectivity index (χ3n) is 5.77. The van der Waals surface area contributed by atoms with Gasteiger partial charge in [-0.3, -0.25) is 4.79 Å². The Hall–Kier alpha value is -2.90. The summed E-state index contributed by atoms with van der Waals surface area (Å²) >= 11 is 3.18. The molecule has 0 atom stereocenters. The van der Waals surface area contributed by atoms with Gasteiger partial charge in [0.05, 0.1) is 5.75 Å². The minimum Gasteiger partial charge on any atom is -0.325 e. The summed E-state index contributed by atoms with van der Waals surface area (Å²) in [6.07, 6.45) is 3.41. The number of thiophene rings is 1. The number of anilines is 1. The van der Waals surface area contributed by atoms with E-state index in [1.807, 2.05) is 6.07 Å². The molecule has 0 unspecified atom stereocenters. The lowest BCUT2D eigenvalue weighted by Gasteiger charge is -2.14. The van der Waals surface area contributed by atoms with Crippen molar-refractivity contribution in [2.75, 3.05) is 11.1 Å². The van der Waals surface area contributed by atoms with Gasteiger partial charge in [-0.2, -0.15) is 0 Å². The molecule has 2 heterocycles. The van der Waals surface area contributed by atoms with Gasteiger partial charge in [-0.15, -0.1) is 21.5 Å². The molecule has 0 bridgehead atoms. The average Bonchev–Trinajstić information content (AvgIpc) is 3.52. The molecule has 0 saturated heterocycles. The minimum absolute atomic E-state index is 0.0157. The Labute approximate surface area is 209 Å². The number of carbonyl (C=O) groups is 1. The predicted octanol–water partition coefficient (Wildman–Crippen LogP) is 6.03. The molecular weight excluding hydrogens is 460 g/mol. The topological polar surface area (TPSA) is 59.8 Å². The second kappa shape index (κ2) is 12.0. The number of rotatable bonds is 11. The summed E-state index contributed by atoms with van der Waals surface area (Å²) in [5.74, 6) is 1.22. The fraction of sp³-hybridized carbons (Fsp3) is 0.296. The van der Waals surface area contributed by atoms with Crippen LogP contribution in [0.15, 0.2) is 71.2 Å². The van der Waals surface area contributed by atoms with Crippen LogP contribution in [0.2, 0.25) is 0 Å². The molecule has 0 saturated carbocycles. The summed E-state index contributed by atoms with van der Waals surface area (Å²) in [7, 11) is 0. The first-order chi connectivity index (χ1) is 16.7. The number of nitrogens with zero attached hydrogens (tertiary/aromatic N) is 3. The zero-order valence-electron chi connectivity index (χ0n) is 19.7. The molecular formula is C27H30N4OS2. The van der Waals surface area contributed by atoms with Crippen LogP contribution < -0.4 is 5.32 Å². The van der Waals surface area contributed by atoms with Crippen molar-refractivity contribution in [1.82, 2.24) is 14.8 Å². The summed E-state index contributed by atoms with van der Waals surface area (Å²) in [6, 6.07) is 20.8. The Morgan fingerprint density at radius 3 is 2.41 bits per heavy atom. The number of carbonyl (C=O) groups excluding carboxylic acids is 1. The lowest BCUT2D eigenvalue weighted by Crippen LogP contribution is -2.17. The number of thioether (sulfide) groups is 1. The van der Waals surface area contributed by atoms with Crippen molar-refractivity contribution in [3.8, 4) is 0 Å². The van der Waals surface area contributed by atoms with E-state index in [0.717, 1.165) is 48.9 Å². The Kier molecular flexibility index (Phi) is 8.55. The molecule has 0 radical (unpaired) electrons. The van der Waals surface area contributed by atoms with Gasteiger partial charge >= 0.3 is 0 Å². The summed E-state index contributed by atoms with van der Waals surface area (Å²) in [4.78, 5) is 14.1. The summed E-state index contributed by atoms with van der Waals surface area (Å²) in [5.41, 5.74) is 4.57. The zero-order valence-corrected chi connectivity index (χ0v) is 21.3. The number of aromatic nitrogens is 3. The van der Waals surface area contributed by atoms with Gasteiger partial charge in [-0.25, -0.2) is 0 Å². The van der Waals surface area contributed by atoms with Crippen LogP contribution in [-0.2, 0) is 37.0 Å². The van der Waals surface area contributed by atoms with Crippen LogP contribution in [-0.4, -0.2) is 26.4 Å². The van der Waals surface area contributed by atoms with Gasteiger partial charge in [0, 0.05) is 23.5 Å². The third kappa shape index (κ3) is 6.15. The van der Waals surface area contributed by atoms with E-state index in [9.17, 15) is 4.79 Å². The number of para-hydroxylation sites is 1. The Bertz CT molecular complexity index is 1180. The quantitative estimate of drug-likeness (QED) is 0.261. The van der Waals surface area contributed by atoms with E-state index in [2.05, 4.69) is 93.9 Å². The van der Waals surface area contributed by atoms with Crippen LogP contribution in [0.3, 0.4) is 0 Å². The molecule has 5 nitrogen and oxygen atoms in total. The molecule has 1 N–H and O–H groups in total. The largest absolute Gasteiger partial charge is 0.325 e. The van der Waals surface area contributed by atoms with E-state index in [1.165, 1.54) is 33.3 Å². The summed E-state index contributed by atoms with van der Waals surface area (Å²) in [5, 5.41) is 15.0. The van der Waals surface area contributed by atoms with E-state index in [4.69, 9.17) is 0 Å². The minimum atomic E-state index is -0.0157. The highest BCUT2D eigenvalue weighted by Gasteiger charge is 2.16. The van der Waals surface area contributed by atoms with Crippen LogP contribution in [0, 0.1) is 0 Å². The maximum atomic E-state index is 12.9. The van der Waals surface area contributed by atoms with Crippen molar-refractivity contribution in [2.45, 2.75) is 51.2 Å². The number of aryl methyl sites for hydroxylation is 3. The molecule has 1 amide bonds. The van der Waals surface area contributed by atoms with Crippen molar-refractivity contribution >= 4 is 34.7 Å². The standard InChI is InChI=1S/C27H30N4OS2/c1-3-21-12-8-13-22(4-2)26(21)28-25(32)19-34-27-30-29-24(18-23-14-9-17-33-23)31(27)16-15-20-10-6-5-7-11-20/h5-14,17H,3-4,15-16,18-19H2,1-2H3,(H,28,32). The lowest BCUT2D eigenvalue weighted by atomic mass is 10.0. The number of hydrogen-bond acceptors (Lipinski definition) is 5. The highest BCUT2D eigenvalue weighted by Crippen LogP contribution is 2.25. The Balaban J connectivity index is 1.47. The second-order valence-corrected chi connectivity index (χ2v) is 10.0. The van der Waals surface area contributed by atoms with E-state index in [-0.39, 0.29) is 5.91 Å². The number of nitrogens with one attached hydrogen (secondary N) is 1. The first-order valence-electron chi connectivity index (χ1n) is 11.7. The van der Waals surface area contributed by atoms with Gasteiger partial charge in [0.15, 0.2) is 5.16 Å². The summed E-state index contributed by atoms with van der Waals surface area (Å²) < 4.78 is 2.17. The van der Waals surface area contributed by atoms with Gasteiger partial charge in [0.1, 0.15) is 5.82 Å². The third-order valence-corrected chi connectivity index (χ3v) is 7.61. The Morgan fingerprint density at radius 1 is 0.971 bits per heavy atom. The second-order valence-electron chi connectivity index (χ2n) is 8.04. The molecule has 0 spiro atoms. The van der Waals surface area contributed by atoms with E-state index >= 15 is 0 Å². The number of benzene rings is 2. The van der Waals surface area contributed by atoms with Crippen LogP contribution in [0.25, 0.3) is 0 Å². The number of amides is 1. The van der Waals surface area contributed by atoms with Gasteiger partial charge < -0.3 is 9.88 Å². The van der Waals surface area contributed by atoms with Crippen molar-refractivity contribution in [1.29, 1.82) is 0 Å². The molecule has 7 heteroatoms. The van der Waals surface area contributed by atoms with Crippen LogP contribution in [0.1, 0.15) is 41.2 Å². The monoisotopic (exact) mass is 490 g/mol. The smallest absolute Gasteiger partial charge is 0.234 e. The van der Waals surface area contributed by atoms with Crippen molar-refractivity contribution in [3.05, 3.63) is 93.4 Å². The predicted molar refractivity (Wildman–Crippen MR) is 142 cm³/mol. The SMILES string of the molecule is CCc1cccc(CC)c1NC(=O)CSc1nnc(Cc2cccs2)n1CCc1ccccc1. The average molecular weight is 491 g/mol. The maximum absolute atomic E-state index is 12.9. The van der Waals surface area contributed by atoms with Crippen molar-refractivity contribution in [3.63, 3.8) is 0 Å². The number of hydrogen-bond donors (Lipinski definition) is 1. The first kappa shape index (κ1) is 24.2. The Morgan fingerprint density at radius 2 is 1.74 bits per heavy atom. The van der Waals surface area contributed by atoms with Crippen LogP contribution in [0.5, 0.6) is 0 Å². The summed E-state index contributed by atoms with van der Waals surface area (Å²) in [6.45, 7) is 5.01. The van der Waals surface area contributed by atoms with Gasteiger partial charge in [0.2, 0.25) is 5.91 Å². The first-order valence-corrected chi connectivity index (χ1v) is 13.6. The lowest BCUT2D eigenvalue weighted by molar-refractivity contribution is -0.113. The van der Waals surface area contributed by atoms with E-state index in [0.29, 0.717) is 5.75 Å². The van der Waals surface area contributed by atoms with E-state index < -0.39 is 0 Å². The van der Waals surface area contributed by atoms with Gasteiger partial charge in [0.25, 0.3) is 0 Å².